The average Bonchev–Trinajstić information content (AvgIpc) is 2.60. The Kier molecular flexibility index (Phi) is 9.65. The molecule has 1 amide bonds. The Hall–Kier alpha value is -2.43. The highest BCUT2D eigenvalue weighted by Crippen LogP contribution is 2.18. The van der Waals surface area contributed by atoms with E-state index in [4.69, 9.17) is 14.2 Å². The maximum atomic E-state index is 12.8. The third-order valence-corrected chi connectivity index (χ3v) is 4.10. The van der Waals surface area contributed by atoms with Gasteiger partial charge < -0.3 is 19.5 Å². The maximum Gasteiger partial charge on any atom is 0.408 e. The molecule has 186 valence electrons. The van der Waals surface area contributed by atoms with Crippen LogP contribution in [0.2, 0.25) is 0 Å². The molecule has 0 aliphatic heterocycles. The van der Waals surface area contributed by atoms with Crippen molar-refractivity contribution in [1.82, 2.24) is 20.5 Å². The summed E-state index contributed by atoms with van der Waals surface area (Å²) in [5.74, 6) is -1.29. The smallest absolute Gasteiger partial charge is 0.408 e. The normalized spacial score (nSPS) is 13.2. The van der Waals surface area contributed by atoms with Crippen LogP contribution in [0.25, 0.3) is 0 Å². The molecule has 1 aromatic rings. The lowest BCUT2D eigenvalue weighted by atomic mass is 10.1. The van der Waals surface area contributed by atoms with Crippen LogP contribution in [-0.4, -0.2) is 62.3 Å². The lowest BCUT2D eigenvalue weighted by Gasteiger charge is -2.26. The molecule has 1 heterocycles. The van der Waals surface area contributed by atoms with Crippen molar-refractivity contribution in [2.45, 2.75) is 103 Å². The van der Waals surface area contributed by atoms with Crippen LogP contribution in [0.3, 0.4) is 0 Å². The molecule has 0 aromatic carbocycles. The zero-order valence-corrected chi connectivity index (χ0v) is 22.0. The number of thioether (sulfide) groups is 1. The predicted octanol–water partition coefficient (Wildman–Crippen LogP) is 3.72. The van der Waals surface area contributed by atoms with Crippen molar-refractivity contribution in [3.63, 3.8) is 0 Å². The van der Waals surface area contributed by atoms with Crippen molar-refractivity contribution in [3.8, 4) is 0 Å². The number of aryl methyl sites for hydroxylation is 1. The molecule has 0 radical (unpaired) electrons. The van der Waals surface area contributed by atoms with E-state index in [1.807, 2.05) is 0 Å². The first kappa shape index (κ1) is 28.6. The monoisotopic (exact) mass is 484 g/mol. The van der Waals surface area contributed by atoms with Gasteiger partial charge in [-0.15, -0.1) is 10.2 Å². The minimum atomic E-state index is -1.03. The predicted molar refractivity (Wildman–Crippen MR) is 124 cm³/mol. The second-order valence-corrected chi connectivity index (χ2v) is 11.1. The number of aromatic nitrogens is 3. The molecule has 0 saturated heterocycles. The van der Waals surface area contributed by atoms with E-state index in [9.17, 15) is 14.4 Å². The molecule has 1 N–H and O–H groups in total. The number of nitrogens with zero attached hydrogens (tertiary/aromatic N) is 3. The van der Waals surface area contributed by atoms with E-state index >= 15 is 0 Å². The quantitative estimate of drug-likeness (QED) is 0.347. The molecule has 0 aliphatic rings. The second-order valence-electron chi connectivity index (χ2n) is 10.4. The van der Waals surface area contributed by atoms with Crippen molar-refractivity contribution in [2.75, 3.05) is 6.26 Å². The zero-order chi connectivity index (χ0) is 25.6. The van der Waals surface area contributed by atoms with E-state index in [1.165, 1.54) is 11.8 Å². The average molecular weight is 485 g/mol. The number of rotatable bonds is 7. The molecule has 0 spiro atoms. The van der Waals surface area contributed by atoms with Crippen LogP contribution in [0.5, 0.6) is 0 Å². The fourth-order valence-electron chi connectivity index (χ4n) is 2.44. The van der Waals surface area contributed by atoms with E-state index in [0.29, 0.717) is 10.9 Å². The minimum absolute atomic E-state index is 0.0390. The summed E-state index contributed by atoms with van der Waals surface area (Å²) in [6, 6.07) is -1.03. The van der Waals surface area contributed by atoms with Gasteiger partial charge in [0.25, 0.3) is 0 Å². The summed E-state index contributed by atoms with van der Waals surface area (Å²) >= 11 is 1.26. The molecule has 1 aromatic heterocycles. The summed E-state index contributed by atoms with van der Waals surface area (Å²) in [4.78, 5) is 42.1. The summed E-state index contributed by atoms with van der Waals surface area (Å²) in [5, 5.41) is 10.8. The fourth-order valence-corrected chi connectivity index (χ4v) is 2.76. The van der Waals surface area contributed by atoms with Crippen LogP contribution in [0, 0.1) is 0 Å². The van der Waals surface area contributed by atoms with Crippen LogP contribution in [0.4, 0.5) is 4.79 Å². The Balaban J connectivity index is 3.16. The van der Waals surface area contributed by atoms with Crippen LogP contribution < -0.4 is 5.32 Å². The summed E-state index contributed by atoms with van der Waals surface area (Å²) in [5.41, 5.74) is -1.96. The van der Waals surface area contributed by atoms with E-state index in [1.54, 1.807) is 68.6 Å². The van der Waals surface area contributed by atoms with Gasteiger partial charge in [-0.2, -0.15) is 0 Å². The largest absolute Gasteiger partial charge is 0.458 e. The number of nitrogens with one attached hydrogen (secondary N) is 1. The Morgan fingerprint density at radius 3 is 1.91 bits per heavy atom. The summed E-state index contributed by atoms with van der Waals surface area (Å²) in [6.07, 6.45) is 1.26. The number of carbonyl (C=O) groups excluding carboxylic acids is 3. The number of ether oxygens (including phenoxy) is 3. The molecule has 33 heavy (non-hydrogen) atoms. The molecular weight excluding hydrogens is 448 g/mol. The van der Waals surface area contributed by atoms with Crippen molar-refractivity contribution < 1.29 is 28.6 Å². The third kappa shape index (κ3) is 11.3. The molecular formula is C22H36N4O6S. The summed E-state index contributed by atoms with van der Waals surface area (Å²) < 4.78 is 16.1. The van der Waals surface area contributed by atoms with Crippen LogP contribution in [0.15, 0.2) is 5.16 Å². The number of esters is 2. The van der Waals surface area contributed by atoms with E-state index in [-0.39, 0.29) is 18.5 Å². The highest BCUT2D eigenvalue weighted by molar-refractivity contribution is 7.98. The van der Waals surface area contributed by atoms with Gasteiger partial charge in [0.15, 0.2) is 5.69 Å². The van der Waals surface area contributed by atoms with Crippen LogP contribution in [-0.2, 0) is 25.4 Å². The second kappa shape index (κ2) is 11.1. The maximum absolute atomic E-state index is 12.8. The molecule has 11 heteroatoms. The van der Waals surface area contributed by atoms with Crippen molar-refractivity contribution in [2.24, 2.45) is 0 Å². The number of alkyl carbamates (subject to hydrolysis) is 1. The molecule has 0 bridgehead atoms. The first-order valence-corrected chi connectivity index (χ1v) is 11.9. The van der Waals surface area contributed by atoms with Crippen molar-refractivity contribution in [3.05, 3.63) is 11.4 Å². The van der Waals surface area contributed by atoms with Gasteiger partial charge in [-0.05, 0) is 81.4 Å². The highest BCUT2D eigenvalue weighted by atomic mass is 32.2. The molecule has 10 nitrogen and oxygen atoms in total. The zero-order valence-electron chi connectivity index (χ0n) is 21.2. The van der Waals surface area contributed by atoms with Gasteiger partial charge in [0.2, 0.25) is 5.16 Å². The first-order chi connectivity index (χ1) is 14.9. The minimum Gasteiger partial charge on any atom is -0.458 e. The number of carbonyl (C=O) groups is 3. The Morgan fingerprint density at radius 1 is 0.879 bits per heavy atom. The van der Waals surface area contributed by atoms with Gasteiger partial charge in [-0.25, -0.2) is 19.4 Å². The van der Waals surface area contributed by atoms with E-state index in [0.717, 1.165) is 0 Å². The Labute approximate surface area is 199 Å². The van der Waals surface area contributed by atoms with Gasteiger partial charge in [-0.1, -0.05) is 11.8 Å². The number of hydrogen-bond donors (Lipinski definition) is 1. The molecule has 0 fully saturated rings. The first-order valence-electron chi connectivity index (χ1n) is 10.6. The molecule has 0 saturated carbocycles. The lowest BCUT2D eigenvalue weighted by Crippen LogP contribution is -2.46. The van der Waals surface area contributed by atoms with Crippen LogP contribution in [0.1, 0.15) is 84.9 Å². The van der Waals surface area contributed by atoms with Gasteiger partial charge >= 0.3 is 18.0 Å². The standard InChI is InChI=1S/C22H36N4O6S/c1-20(2,3)30-16(27)14(24-19(29)32-22(7,8)9)12-11-13-15(17(28)31-21(4,5)6)25-26-18(23-13)33-10/h14H,11-12H2,1-10H3,(H,24,29)/t14-/m0/s1. The summed E-state index contributed by atoms with van der Waals surface area (Å²) in [6.45, 7) is 15.6. The molecule has 0 unspecified atom stereocenters. The van der Waals surface area contributed by atoms with Gasteiger partial charge in [0, 0.05) is 0 Å². The lowest BCUT2D eigenvalue weighted by molar-refractivity contribution is -0.157. The van der Waals surface area contributed by atoms with E-state index in [2.05, 4.69) is 20.5 Å². The van der Waals surface area contributed by atoms with Gasteiger partial charge in [0.05, 0.1) is 5.69 Å². The van der Waals surface area contributed by atoms with Crippen LogP contribution >= 0.6 is 11.8 Å². The topological polar surface area (TPSA) is 130 Å². The molecule has 1 atom stereocenters. The SMILES string of the molecule is CSc1nnc(C(=O)OC(C)(C)C)c(CC[C@H](NC(=O)OC(C)(C)C)C(=O)OC(C)(C)C)n1. The highest BCUT2D eigenvalue weighted by Gasteiger charge is 2.30. The third-order valence-electron chi connectivity index (χ3n) is 3.57. The van der Waals surface area contributed by atoms with Gasteiger partial charge in [-0.3, -0.25) is 0 Å². The Bertz CT molecular complexity index is 856. The van der Waals surface area contributed by atoms with E-state index < -0.39 is 40.9 Å². The van der Waals surface area contributed by atoms with Crippen molar-refractivity contribution >= 4 is 29.8 Å². The summed E-state index contributed by atoms with van der Waals surface area (Å²) in [7, 11) is 0. The van der Waals surface area contributed by atoms with Crippen molar-refractivity contribution in [1.29, 1.82) is 0 Å². The molecule has 1 rings (SSSR count). The Morgan fingerprint density at radius 2 is 1.42 bits per heavy atom. The fraction of sp³-hybridized carbons (Fsp3) is 0.727. The number of hydrogen-bond acceptors (Lipinski definition) is 10. The number of amides is 1. The van der Waals surface area contributed by atoms with Gasteiger partial charge in [0.1, 0.15) is 22.8 Å². The molecule has 0 aliphatic carbocycles.